The van der Waals surface area contributed by atoms with Crippen LogP contribution in [0.15, 0.2) is 24.3 Å². The second-order valence-corrected chi connectivity index (χ2v) is 6.37. The number of anilines is 2. The molecule has 1 aromatic heterocycles. The molecule has 1 fully saturated rings. The number of hydrogen-bond donors (Lipinski definition) is 3. The Bertz CT molecular complexity index is 756. The molecule has 0 spiro atoms. The molecule has 0 radical (unpaired) electrons. The van der Waals surface area contributed by atoms with Crippen LogP contribution in [0.4, 0.5) is 16.6 Å². The molecule has 7 nitrogen and oxygen atoms in total. The molecule has 132 valence electrons. The van der Waals surface area contributed by atoms with Crippen molar-refractivity contribution in [2.24, 2.45) is 0 Å². The molecule has 2 heterocycles. The van der Waals surface area contributed by atoms with E-state index in [9.17, 15) is 4.79 Å². The van der Waals surface area contributed by atoms with E-state index in [1.807, 2.05) is 11.0 Å². The summed E-state index contributed by atoms with van der Waals surface area (Å²) in [6.45, 7) is 7.07. The first-order valence-electron chi connectivity index (χ1n) is 8.51. The minimum absolute atomic E-state index is 0.0170. The molecule has 0 saturated carbocycles. The molecule has 3 rings (SSSR count). The predicted octanol–water partition coefficient (Wildman–Crippen LogP) is 2.17. The Kier molecular flexibility index (Phi) is 5.02. The highest BCUT2D eigenvalue weighted by Gasteiger charge is 2.18. The lowest BCUT2D eigenvalue weighted by atomic mass is 10.0. The summed E-state index contributed by atoms with van der Waals surface area (Å²) in [4.78, 5) is 21.9. The normalized spacial score (nSPS) is 13.8. The summed E-state index contributed by atoms with van der Waals surface area (Å²) < 4.78 is 0. The molecular weight excluding hydrogens is 316 g/mol. The highest BCUT2D eigenvalue weighted by atomic mass is 16.2. The minimum Gasteiger partial charge on any atom is -0.370 e. The van der Waals surface area contributed by atoms with Gasteiger partial charge in [0, 0.05) is 37.8 Å². The average molecular weight is 340 g/mol. The second-order valence-electron chi connectivity index (χ2n) is 6.37. The minimum atomic E-state index is 0.0170. The standard InChI is InChI=1S/C18H24N6O/c1-12-8-13(2)10-14(9-12)15-11-16(23-17(19)22-15)20-4-3-6-24-7-5-21-18(24)25/h8-11H,3-7H2,1-2H3,(H,21,25)(H3,19,20,22,23). The lowest BCUT2D eigenvalue weighted by Gasteiger charge is -2.14. The smallest absolute Gasteiger partial charge is 0.317 e. The molecule has 25 heavy (non-hydrogen) atoms. The quantitative estimate of drug-likeness (QED) is 0.700. The van der Waals surface area contributed by atoms with Crippen molar-refractivity contribution in [2.75, 3.05) is 37.2 Å². The molecule has 1 aliphatic rings. The summed E-state index contributed by atoms with van der Waals surface area (Å²) in [6.07, 6.45) is 0.843. The number of carbonyl (C=O) groups excluding carboxylic acids is 1. The van der Waals surface area contributed by atoms with Crippen LogP contribution in [0.2, 0.25) is 0 Å². The van der Waals surface area contributed by atoms with Crippen molar-refractivity contribution >= 4 is 17.8 Å². The molecule has 1 saturated heterocycles. The fraction of sp³-hybridized carbons (Fsp3) is 0.389. The number of carbonyl (C=O) groups is 1. The summed E-state index contributed by atoms with van der Waals surface area (Å²) in [6, 6.07) is 8.23. The third-order valence-corrected chi connectivity index (χ3v) is 4.12. The Labute approximate surface area is 147 Å². The molecule has 2 amide bonds. The number of nitrogens with two attached hydrogens (primary N) is 1. The van der Waals surface area contributed by atoms with E-state index >= 15 is 0 Å². The van der Waals surface area contributed by atoms with Gasteiger partial charge in [0.15, 0.2) is 0 Å². The number of amides is 2. The maximum Gasteiger partial charge on any atom is 0.317 e. The van der Waals surface area contributed by atoms with Crippen LogP contribution in [-0.2, 0) is 0 Å². The van der Waals surface area contributed by atoms with Crippen molar-refractivity contribution in [1.82, 2.24) is 20.2 Å². The number of aromatic nitrogens is 2. The third kappa shape index (κ3) is 4.37. The maximum absolute atomic E-state index is 11.5. The number of aryl methyl sites for hydroxylation is 2. The molecule has 1 aromatic carbocycles. The van der Waals surface area contributed by atoms with Gasteiger partial charge >= 0.3 is 6.03 Å². The van der Waals surface area contributed by atoms with E-state index in [-0.39, 0.29) is 12.0 Å². The van der Waals surface area contributed by atoms with Crippen LogP contribution >= 0.6 is 0 Å². The van der Waals surface area contributed by atoms with Crippen LogP contribution < -0.4 is 16.4 Å². The summed E-state index contributed by atoms with van der Waals surface area (Å²) in [5.41, 5.74) is 10.1. The molecule has 7 heteroatoms. The average Bonchev–Trinajstić information content (AvgIpc) is 2.95. The van der Waals surface area contributed by atoms with Crippen LogP contribution in [0.3, 0.4) is 0 Å². The second kappa shape index (κ2) is 7.38. The zero-order valence-corrected chi connectivity index (χ0v) is 14.7. The van der Waals surface area contributed by atoms with Crippen LogP contribution in [0.1, 0.15) is 17.5 Å². The highest BCUT2D eigenvalue weighted by molar-refractivity contribution is 5.76. The molecule has 0 atom stereocenters. The first-order valence-corrected chi connectivity index (χ1v) is 8.51. The molecule has 0 unspecified atom stereocenters. The number of nitrogen functional groups attached to an aromatic ring is 1. The van der Waals surface area contributed by atoms with Crippen molar-refractivity contribution in [3.8, 4) is 11.3 Å². The van der Waals surface area contributed by atoms with E-state index < -0.39 is 0 Å². The predicted molar refractivity (Wildman–Crippen MR) is 99.4 cm³/mol. The molecule has 0 bridgehead atoms. The van der Waals surface area contributed by atoms with Gasteiger partial charge in [0.25, 0.3) is 0 Å². The summed E-state index contributed by atoms with van der Waals surface area (Å²) in [5, 5.41) is 6.07. The highest BCUT2D eigenvalue weighted by Crippen LogP contribution is 2.23. The Balaban J connectivity index is 1.64. The van der Waals surface area contributed by atoms with Gasteiger partial charge in [-0.2, -0.15) is 4.98 Å². The van der Waals surface area contributed by atoms with Crippen molar-refractivity contribution < 1.29 is 4.79 Å². The topological polar surface area (TPSA) is 96.2 Å². The third-order valence-electron chi connectivity index (χ3n) is 4.12. The van der Waals surface area contributed by atoms with Crippen molar-refractivity contribution in [2.45, 2.75) is 20.3 Å². The van der Waals surface area contributed by atoms with Gasteiger partial charge in [-0.3, -0.25) is 0 Å². The maximum atomic E-state index is 11.5. The van der Waals surface area contributed by atoms with Crippen molar-refractivity contribution in [3.63, 3.8) is 0 Å². The van der Waals surface area contributed by atoms with E-state index in [1.54, 1.807) is 0 Å². The first kappa shape index (κ1) is 17.0. The zero-order valence-electron chi connectivity index (χ0n) is 14.7. The van der Waals surface area contributed by atoms with Gasteiger partial charge < -0.3 is 21.3 Å². The van der Waals surface area contributed by atoms with Crippen molar-refractivity contribution in [1.29, 1.82) is 0 Å². The largest absolute Gasteiger partial charge is 0.370 e. The number of rotatable bonds is 6. The fourth-order valence-electron chi connectivity index (χ4n) is 3.04. The number of benzene rings is 1. The van der Waals surface area contributed by atoms with Gasteiger partial charge in [0.1, 0.15) is 5.82 Å². The fourth-order valence-corrected chi connectivity index (χ4v) is 3.04. The first-order chi connectivity index (χ1) is 12.0. The monoisotopic (exact) mass is 340 g/mol. The number of nitrogens with one attached hydrogen (secondary N) is 2. The Morgan fingerprint density at radius 3 is 2.64 bits per heavy atom. The van der Waals surface area contributed by atoms with Crippen LogP contribution in [-0.4, -0.2) is 47.1 Å². The molecule has 2 aromatic rings. The van der Waals surface area contributed by atoms with E-state index in [0.29, 0.717) is 12.4 Å². The Morgan fingerprint density at radius 2 is 1.96 bits per heavy atom. The summed E-state index contributed by atoms with van der Waals surface area (Å²) >= 11 is 0. The van der Waals surface area contributed by atoms with E-state index in [2.05, 4.69) is 52.6 Å². The molecular formula is C18H24N6O. The van der Waals surface area contributed by atoms with Gasteiger partial charge in [-0.1, -0.05) is 17.2 Å². The molecule has 1 aliphatic heterocycles. The van der Waals surface area contributed by atoms with Gasteiger partial charge in [0.2, 0.25) is 5.95 Å². The molecule has 0 aliphatic carbocycles. The SMILES string of the molecule is Cc1cc(C)cc(-c2cc(NCCCN3CCNC3=O)nc(N)n2)c1. The summed E-state index contributed by atoms with van der Waals surface area (Å²) in [7, 11) is 0. The van der Waals surface area contributed by atoms with Gasteiger partial charge in [-0.05, 0) is 32.4 Å². The van der Waals surface area contributed by atoms with Crippen molar-refractivity contribution in [3.05, 3.63) is 35.4 Å². The lowest BCUT2D eigenvalue weighted by molar-refractivity contribution is 0.217. The van der Waals surface area contributed by atoms with E-state index in [1.165, 1.54) is 11.1 Å². The Hall–Kier alpha value is -2.83. The lowest BCUT2D eigenvalue weighted by Crippen LogP contribution is -2.30. The zero-order chi connectivity index (χ0) is 17.8. The number of hydrogen-bond acceptors (Lipinski definition) is 5. The van der Waals surface area contributed by atoms with Gasteiger partial charge in [-0.15, -0.1) is 0 Å². The Morgan fingerprint density at radius 1 is 1.20 bits per heavy atom. The van der Waals surface area contributed by atoms with Gasteiger partial charge in [-0.25, -0.2) is 9.78 Å². The van der Waals surface area contributed by atoms with Crippen LogP contribution in [0.5, 0.6) is 0 Å². The van der Waals surface area contributed by atoms with Gasteiger partial charge in [0.05, 0.1) is 5.69 Å². The van der Waals surface area contributed by atoms with E-state index in [0.717, 1.165) is 37.3 Å². The van der Waals surface area contributed by atoms with Crippen LogP contribution in [0, 0.1) is 13.8 Å². The number of nitrogens with zero attached hydrogens (tertiary/aromatic N) is 3. The summed E-state index contributed by atoms with van der Waals surface area (Å²) in [5.74, 6) is 0.950. The van der Waals surface area contributed by atoms with E-state index in [4.69, 9.17) is 5.73 Å². The van der Waals surface area contributed by atoms with Crippen LogP contribution in [0.25, 0.3) is 11.3 Å². The number of urea groups is 1. The molecule has 4 N–H and O–H groups in total.